The molecule has 0 radical (unpaired) electrons. The lowest BCUT2D eigenvalue weighted by Crippen LogP contribution is -2.51. The van der Waals surface area contributed by atoms with Gasteiger partial charge < -0.3 is 10.2 Å². The van der Waals surface area contributed by atoms with Gasteiger partial charge in [-0.1, -0.05) is 6.92 Å². The molecule has 1 aromatic rings. The Morgan fingerprint density at radius 3 is 2.63 bits per heavy atom. The molecule has 1 unspecified atom stereocenters. The van der Waals surface area contributed by atoms with Crippen molar-refractivity contribution in [3.05, 3.63) is 29.6 Å². The highest BCUT2D eigenvalue weighted by atomic mass is 19.2. The number of piperidine rings is 1. The topological polar surface area (TPSA) is 32.3 Å². The third-order valence-electron chi connectivity index (χ3n) is 3.17. The minimum atomic E-state index is -1.26. The van der Waals surface area contributed by atoms with Crippen molar-refractivity contribution < 1.29 is 18.0 Å². The number of amides is 1. The first-order chi connectivity index (χ1) is 9.04. The summed E-state index contributed by atoms with van der Waals surface area (Å²) in [7, 11) is 0. The molecular weight excluding hydrogens is 257 g/mol. The van der Waals surface area contributed by atoms with Crippen LogP contribution in [0.3, 0.4) is 0 Å². The van der Waals surface area contributed by atoms with Crippen molar-refractivity contribution in [2.75, 3.05) is 18.0 Å². The average molecular weight is 272 g/mol. The molecule has 1 aromatic carbocycles. The minimum Gasteiger partial charge on any atom is -0.308 e. The van der Waals surface area contributed by atoms with Gasteiger partial charge in [-0.25, -0.2) is 13.2 Å². The summed E-state index contributed by atoms with van der Waals surface area (Å²) in [5, 5.41) is 3.00. The molecule has 1 fully saturated rings. The predicted molar refractivity (Wildman–Crippen MR) is 65.4 cm³/mol. The van der Waals surface area contributed by atoms with Crippen LogP contribution in [0.4, 0.5) is 18.9 Å². The second-order valence-corrected chi connectivity index (χ2v) is 4.46. The lowest BCUT2D eigenvalue weighted by Gasteiger charge is -2.32. The molecule has 2 rings (SSSR count). The van der Waals surface area contributed by atoms with E-state index in [2.05, 4.69) is 5.32 Å². The number of anilines is 1. The van der Waals surface area contributed by atoms with Crippen molar-refractivity contribution in [2.24, 2.45) is 0 Å². The van der Waals surface area contributed by atoms with Crippen LogP contribution in [0.5, 0.6) is 0 Å². The number of hydrogen-bond acceptors (Lipinski definition) is 2. The van der Waals surface area contributed by atoms with Gasteiger partial charge in [0.2, 0.25) is 5.91 Å². The Bertz CT molecular complexity index is 491. The van der Waals surface area contributed by atoms with Crippen molar-refractivity contribution in [1.29, 1.82) is 0 Å². The first kappa shape index (κ1) is 13.9. The minimum absolute atomic E-state index is 0.202. The maximum atomic E-state index is 13.7. The number of halogens is 3. The Morgan fingerprint density at radius 1 is 1.26 bits per heavy atom. The van der Waals surface area contributed by atoms with E-state index in [9.17, 15) is 18.0 Å². The van der Waals surface area contributed by atoms with Crippen LogP contribution in [0.2, 0.25) is 0 Å². The van der Waals surface area contributed by atoms with Crippen LogP contribution in [0, 0.1) is 17.5 Å². The second kappa shape index (κ2) is 5.61. The van der Waals surface area contributed by atoms with Gasteiger partial charge in [-0.15, -0.1) is 0 Å². The molecule has 1 heterocycles. The maximum absolute atomic E-state index is 13.7. The zero-order valence-corrected chi connectivity index (χ0v) is 10.5. The van der Waals surface area contributed by atoms with Gasteiger partial charge in [0.05, 0.1) is 11.7 Å². The molecule has 6 heteroatoms. The van der Waals surface area contributed by atoms with Gasteiger partial charge in [-0.3, -0.25) is 4.79 Å². The molecule has 1 saturated heterocycles. The predicted octanol–water partition coefficient (Wildman–Crippen LogP) is 2.21. The molecule has 0 bridgehead atoms. The quantitative estimate of drug-likeness (QED) is 0.856. The Balaban J connectivity index is 2.30. The molecule has 1 aliphatic rings. The standard InChI is InChI=1S/C13H15F3N2O/c1-2-17-11-4-3-5-18(13(11)19)12-7-9(15)8(14)6-10(12)16/h6-7,11,17H,2-5H2,1H3. The van der Waals surface area contributed by atoms with Gasteiger partial charge in [0.25, 0.3) is 0 Å². The molecule has 0 spiro atoms. The van der Waals surface area contributed by atoms with E-state index in [1.54, 1.807) is 0 Å². The molecular formula is C13H15F3N2O. The van der Waals surface area contributed by atoms with E-state index in [0.29, 0.717) is 32.0 Å². The SMILES string of the molecule is CCNC1CCCN(c2cc(F)c(F)cc2F)C1=O. The summed E-state index contributed by atoms with van der Waals surface area (Å²) in [6.45, 7) is 2.79. The molecule has 1 amide bonds. The fourth-order valence-corrected chi connectivity index (χ4v) is 2.27. The van der Waals surface area contributed by atoms with E-state index in [1.807, 2.05) is 6.92 Å². The average Bonchev–Trinajstić information content (AvgIpc) is 2.37. The van der Waals surface area contributed by atoms with Crippen LogP contribution in [0.15, 0.2) is 12.1 Å². The summed E-state index contributed by atoms with van der Waals surface area (Å²) >= 11 is 0. The highest BCUT2D eigenvalue weighted by Crippen LogP contribution is 2.26. The van der Waals surface area contributed by atoms with Crippen LogP contribution < -0.4 is 10.2 Å². The maximum Gasteiger partial charge on any atom is 0.244 e. The number of nitrogens with one attached hydrogen (secondary N) is 1. The summed E-state index contributed by atoms with van der Waals surface area (Å²) in [6.07, 6.45) is 1.34. The number of carbonyl (C=O) groups is 1. The number of likely N-dealkylation sites (N-methyl/N-ethyl adjacent to an activating group) is 1. The molecule has 104 valence electrons. The van der Waals surface area contributed by atoms with E-state index in [-0.39, 0.29) is 11.6 Å². The fraction of sp³-hybridized carbons (Fsp3) is 0.462. The van der Waals surface area contributed by atoms with Crippen molar-refractivity contribution >= 4 is 11.6 Å². The first-order valence-corrected chi connectivity index (χ1v) is 6.24. The Kier molecular flexibility index (Phi) is 4.09. The first-order valence-electron chi connectivity index (χ1n) is 6.24. The van der Waals surface area contributed by atoms with E-state index >= 15 is 0 Å². The molecule has 19 heavy (non-hydrogen) atoms. The van der Waals surface area contributed by atoms with Crippen LogP contribution in [0.25, 0.3) is 0 Å². The Morgan fingerprint density at radius 2 is 1.95 bits per heavy atom. The smallest absolute Gasteiger partial charge is 0.244 e. The molecule has 0 aromatic heterocycles. The summed E-state index contributed by atoms with van der Waals surface area (Å²) in [4.78, 5) is 13.3. The number of carbonyl (C=O) groups excluding carboxylic acids is 1. The normalized spacial score (nSPS) is 19.9. The molecule has 3 nitrogen and oxygen atoms in total. The van der Waals surface area contributed by atoms with Crippen molar-refractivity contribution in [1.82, 2.24) is 5.32 Å². The molecule has 0 aliphatic carbocycles. The summed E-state index contributed by atoms with van der Waals surface area (Å²) < 4.78 is 39.8. The van der Waals surface area contributed by atoms with E-state index in [4.69, 9.17) is 0 Å². The summed E-state index contributed by atoms with van der Waals surface area (Å²) in [6, 6.07) is 0.803. The van der Waals surface area contributed by atoms with Crippen LogP contribution in [0.1, 0.15) is 19.8 Å². The van der Waals surface area contributed by atoms with Crippen molar-refractivity contribution in [3.8, 4) is 0 Å². The van der Waals surface area contributed by atoms with Gasteiger partial charge in [0, 0.05) is 18.7 Å². The molecule has 1 N–H and O–H groups in total. The monoisotopic (exact) mass is 272 g/mol. The zero-order chi connectivity index (χ0) is 14.0. The highest BCUT2D eigenvalue weighted by Gasteiger charge is 2.31. The van der Waals surface area contributed by atoms with Gasteiger partial charge in [-0.05, 0) is 19.4 Å². The number of nitrogens with zero attached hydrogens (tertiary/aromatic N) is 1. The van der Waals surface area contributed by atoms with Gasteiger partial charge in [-0.2, -0.15) is 0 Å². The number of benzene rings is 1. The third kappa shape index (κ3) is 2.73. The van der Waals surface area contributed by atoms with Crippen molar-refractivity contribution in [2.45, 2.75) is 25.8 Å². The molecule has 1 atom stereocenters. The van der Waals surface area contributed by atoms with E-state index < -0.39 is 23.5 Å². The third-order valence-corrected chi connectivity index (χ3v) is 3.17. The lowest BCUT2D eigenvalue weighted by molar-refractivity contribution is -0.121. The molecule has 1 aliphatic heterocycles. The van der Waals surface area contributed by atoms with Crippen LogP contribution in [-0.2, 0) is 4.79 Å². The van der Waals surface area contributed by atoms with Gasteiger partial charge in [0.15, 0.2) is 11.6 Å². The van der Waals surface area contributed by atoms with Crippen molar-refractivity contribution in [3.63, 3.8) is 0 Å². The van der Waals surface area contributed by atoms with E-state index in [1.165, 1.54) is 4.90 Å². The Labute approximate surface area is 109 Å². The van der Waals surface area contributed by atoms with Gasteiger partial charge >= 0.3 is 0 Å². The van der Waals surface area contributed by atoms with E-state index in [0.717, 1.165) is 6.07 Å². The Hall–Kier alpha value is -1.56. The number of rotatable bonds is 3. The molecule has 0 saturated carbocycles. The van der Waals surface area contributed by atoms with Crippen LogP contribution >= 0.6 is 0 Å². The number of hydrogen-bond donors (Lipinski definition) is 1. The van der Waals surface area contributed by atoms with Crippen LogP contribution in [-0.4, -0.2) is 25.0 Å². The zero-order valence-electron chi connectivity index (χ0n) is 10.5. The second-order valence-electron chi connectivity index (χ2n) is 4.46. The highest BCUT2D eigenvalue weighted by molar-refractivity contribution is 5.98. The van der Waals surface area contributed by atoms with Gasteiger partial charge in [0.1, 0.15) is 5.82 Å². The summed E-state index contributed by atoms with van der Waals surface area (Å²) in [5.74, 6) is -3.65. The lowest BCUT2D eigenvalue weighted by atomic mass is 10.0. The summed E-state index contributed by atoms with van der Waals surface area (Å²) in [5.41, 5.74) is -0.202. The fourth-order valence-electron chi connectivity index (χ4n) is 2.27. The largest absolute Gasteiger partial charge is 0.308 e.